The Morgan fingerprint density at radius 1 is 1.38 bits per heavy atom. The van der Waals surface area contributed by atoms with Gasteiger partial charge in [0, 0.05) is 6.54 Å². The molecule has 0 spiro atoms. The summed E-state index contributed by atoms with van der Waals surface area (Å²) in [6.07, 6.45) is 0. The van der Waals surface area contributed by atoms with E-state index in [0.29, 0.717) is 18.4 Å². The van der Waals surface area contributed by atoms with Crippen molar-refractivity contribution in [2.75, 3.05) is 6.54 Å². The van der Waals surface area contributed by atoms with Crippen LogP contribution in [0.15, 0.2) is 0 Å². The van der Waals surface area contributed by atoms with E-state index in [1.54, 1.807) is 0 Å². The van der Waals surface area contributed by atoms with Crippen molar-refractivity contribution in [1.82, 2.24) is 5.32 Å². The first kappa shape index (κ1) is 12.4. The van der Waals surface area contributed by atoms with E-state index in [9.17, 15) is 9.90 Å². The van der Waals surface area contributed by atoms with E-state index in [1.165, 1.54) is 13.8 Å². The van der Waals surface area contributed by atoms with Gasteiger partial charge in [-0.2, -0.15) is 0 Å². The number of rotatable bonds is 4. The number of hydrogen-bond acceptors (Lipinski definition) is 2. The number of carbonyl (C=O) groups excluding carboxylic acids is 1. The number of nitrogens with one attached hydrogen (secondary N) is 1. The molecule has 0 aromatic heterocycles. The third-order valence-electron chi connectivity index (χ3n) is 2.28. The molecular weight excluding hydrogens is 166 g/mol. The first-order chi connectivity index (χ1) is 5.75. The summed E-state index contributed by atoms with van der Waals surface area (Å²) in [5.74, 6) is 0.674. The van der Waals surface area contributed by atoms with Crippen molar-refractivity contribution >= 4 is 5.91 Å². The molecule has 3 nitrogen and oxygen atoms in total. The number of carbonyl (C=O) groups is 1. The monoisotopic (exact) mass is 187 g/mol. The average Bonchev–Trinajstić information content (AvgIpc) is 1.97. The van der Waals surface area contributed by atoms with Crippen LogP contribution in [0.3, 0.4) is 0 Å². The molecule has 0 saturated heterocycles. The molecule has 0 heterocycles. The third kappa shape index (κ3) is 4.88. The molecule has 1 unspecified atom stereocenters. The van der Waals surface area contributed by atoms with E-state index < -0.39 is 5.60 Å². The maximum atomic E-state index is 11.2. The molecule has 0 radical (unpaired) electrons. The lowest BCUT2D eigenvalue weighted by Crippen LogP contribution is -2.43. The van der Waals surface area contributed by atoms with Gasteiger partial charge in [0.25, 0.3) is 5.91 Å². The zero-order valence-electron chi connectivity index (χ0n) is 9.22. The highest BCUT2D eigenvalue weighted by Gasteiger charge is 2.23. The van der Waals surface area contributed by atoms with Gasteiger partial charge in [0.05, 0.1) is 0 Å². The van der Waals surface area contributed by atoms with Gasteiger partial charge in [0.15, 0.2) is 0 Å². The summed E-state index contributed by atoms with van der Waals surface area (Å²) in [6, 6.07) is 0. The number of amides is 1. The second-order valence-corrected chi connectivity index (χ2v) is 4.49. The molecule has 13 heavy (non-hydrogen) atoms. The van der Waals surface area contributed by atoms with Crippen molar-refractivity contribution in [3.63, 3.8) is 0 Å². The molecule has 0 aromatic rings. The van der Waals surface area contributed by atoms with Crippen LogP contribution in [-0.2, 0) is 4.79 Å². The molecular formula is C10H21NO2. The van der Waals surface area contributed by atoms with Gasteiger partial charge >= 0.3 is 0 Å². The van der Waals surface area contributed by atoms with Gasteiger partial charge < -0.3 is 10.4 Å². The van der Waals surface area contributed by atoms with Crippen molar-refractivity contribution < 1.29 is 9.90 Å². The summed E-state index contributed by atoms with van der Waals surface area (Å²) < 4.78 is 0. The van der Waals surface area contributed by atoms with E-state index in [2.05, 4.69) is 26.1 Å². The first-order valence-corrected chi connectivity index (χ1v) is 4.75. The van der Waals surface area contributed by atoms with E-state index in [-0.39, 0.29) is 5.91 Å². The van der Waals surface area contributed by atoms with Gasteiger partial charge in [-0.05, 0) is 25.7 Å². The zero-order valence-corrected chi connectivity index (χ0v) is 9.22. The summed E-state index contributed by atoms with van der Waals surface area (Å²) >= 11 is 0. The van der Waals surface area contributed by atoms with Crippen LogP contribution in [0.25, 0.3) is 0 Å². The Kier molecular flexibility index (Phi) is 4.40. The largest absolute Gasteiger partial charge is 0.381 e. The van der Waals surface area contributed by atoms with Crippen molar-refractivity contribution in [2.45, 2.75) is 40.2 Å². The van der Waals surface area contributed by atoms with Gasteiger partial charge in [-0.3, -0.25) is 4.79 Å². The van der Waals surface area contributed by atoms with Crippen LogP contribution in [0.2, 0.25) is 0 Å². The normalized spacial score (nSPS) is 14.4. The highest BCUT2D eigenvalue weighted by atomic mass is 16.3. The Bertz CT molecular complexity index is 170. The molecule has 3 heteroatoms. The van der Waals surface area contributed by atoms with E-state index in [4.69, 9.17) is 0 Å². The average molecular weight is 187 g/mol. The quantitative estimate of drug-likeness (QED) is 0.694. The van der Waals surface area contributed by atoms with Crippen molar-refractivity contribution in [3.8, 4) is 0 Å². The lowest BCUT2D eigenvalue weighted by molar-refractivity contribution is -0.136. The number of aliphatic hydroxyl groups is 1. The smallest absolute Gasteiger partial charge is 0.251 e. The molecule has 2 N–H and O–H groups in total. The summed E-state index contributed by atoms with van der Waals surface area (Å²) in [5, 5.41) is 12.0. The van der Waals surface area contributed by atoms with Crippen LogP contribution in [0.4, 0.5) is 0 Å². The molecule has 0 bridgehead atoms. The summed E-state index contributed by atoms with van der Waals surface area (Å²) in [5.41, 5.74) is -1.27. The van der Waals surface area contributed by atoms with Crippen LogP contribution in [0, 0.1) is 11.8 Å². The van der Waals surface area contributed by atoms with Crippen LogP contribution in [0.5, 0.6) is 0 Å². The predicted molar refractivity (Wildman–Crippen MR) is 53.3 cm³/mol. The standard InChI is InChI=1S/C10H21NO2/c1-7(2)8(3)6-11-9(12)10(4,5)13/h7-8,13H,6H2,1-5H3,(H,11,12). The van der Waals surface area contributed by atoms with Gasteiger partial charge in [0.1, 0.15) is 5.60 Å². The molecule has 1 atom stereocenters. The molecule has 78 valence electrons. The van der Waals surface area contributed by atoms with Crippen molar-refractivity contribution in [2.24, 2.45) is 11.8 Å². The Hall–Kier alpha value is -0.570. The Morgan fingerprint density at radius 3 is 2.15 bits per heavy atom. The van der Waals surface area contributed by atoms with Gasteiger partial charge in [-0.25, -0.2) is 0 Å². The fourth-order valence-corrected chi connectivity index (χ4v) is 0.706. The maximum absolute atomic E-state index is 11.2. The van der Waals surface area contributed by atoms with E-state index >= 15 is 0 Å². The minimum Gasteiger partial charge on any atom is -0.381 e. The molecule has 0 aliphatic heterocycles. The highest BCUT2D eigenvalue weighted by molar-refractivity contribution is 5.83. The molecule has 0 rings (SSSR count). The Morgan fingerprint density at radius 2 is 1.85 bits per heavy atom. The third-order valence-corrected chi connectivity index (χ3v) is 2.28. The first-order valence-electron chi connectivity index (χ1n) is 4.75. The Balaban J connectivity index is 3.84. The topological polar surface area (TPSA) is 49.3 Å². The minimum atomic E-state index is -1.27. The molecule has 0 aliphatic rings. The van der Waals surface area contributed by atoms with Gasteiger partial charge in [-0.1, -0.05) is 20.8 Å². The van der Waals surface area contributed by atoms with Crippen molar-refractivity contribution in [1.29, 1.82) is 0 Å². The van der Waals surface area contributed by atoms with Crippen LogP contribution in [-0.4, -0.2) is 23.2 Å². The van der Waals surface area contributed by atoms with E-state index in [1.807, 2.05) is 0 Å². The zero-order chi connectivity index (χ0) is 10.6. The Labute approximate surface area is 80.5 Å². The molecule has 0 aromatic carbocycles. The van der Waals surface area contributed by atoms with Crippen LogP contribution < -0.4 is 5.32 Å². The SMILES string of the molecule is CC(C)C(C)CNC(=O)C(C)(C)O. The van der Waals surface area contributed by atoms with Crippen LogP contribution >= 0.6 is 0 Å². The fourth-order valence-electron chi connectivity index (χ4n) is 0.706. The van der Waals surface area contributed by atoms with E-state index in [0.717, 1.165) is 0 Å². The van der Waals surface area contributed by atoms with Gasteiger partial charge in [-0.15, -0.1) is 0 Å². The second-order valence-electron chi connectivity index (χ2n) is 4.49. The molecule has 0 saturated carbocycles. The summed E-state index contributed by atoms with van der Waals surface area (Å²) in [4.78, 5) is 11.2. The molecule has 0 fully saturated rings. The van der Waals surface area contributed by atoms with Crippen molar-refractivity contribution in [3.05, 3.63) is 0 Å². The fraction of sp³-hybridized carbons (Fsp3) is 0.900. The second kappa shape index (κ2) is 4.61. The summed E-state index contributed by atoms with van der Waals surface area (Å²) in [7, 11) is 0. The highest BCUT2D eigenvalue weighted by Crippen LogP contribution is 2.08. The van der Waals surface area contributed by atoms with Crippen LogP contribution in [0.1, 0.15) is 34.6 Å². The maximum Gasteiger partial charge on any atom is 0.251 e. The molecule has 1 amide bonds. The lowest BCUT2D eigenvalue weighted by Gasteiger charge is -2.20. The number of hydrogen-bond donors (Lipinski definition) is 2. The predicted octanol–water partition coefficient (Wildman–Crippen LogP) is 1.17. The van der Waals surface area contributed by atoms with Gasteiger partial charge in [0.2, 0.25) is 0 Å². The minimum absolute atomic E-state index is 0.306. The lowest BCUT2D eigenvalue weighted by atomic mass is 9.98. The molecule has 0 aliphatic carbocycles. The summed E-state index contributed by atoms with van der Waals surface area (Å²) in [6.45, 7) is 9.91.